The van der Waals surface area contributed by atoms with Crippen LogP contribution in [0.3, 0.4) is 0 Å². The molecule has 0 N–H and O–H groups in total. The third-order valence-electron chi connectivity index (χ3n) is 3.33. The van der Waals surface area contributed by atoms with Crippen molar-refractivity contribution < 1.29 is 4.57 Å². The molecule has 0 saturated heterocycles. The summed E-state index contributed by atoms with van der Waals surface area (Å²) in [4.78, 5) is 0. The maximum Gasteiger partial charge on any atom is 0.243 e. The van der Waals surface area contributed by atoms with Gasteiger partial charge in [-0.15, -0.1) is 0 Å². The van der Waals surface area contributed by atoms with E-state index in [9.17, 15) is 0 Å². The molecule has 0 unspecified atom stereocenters. The van der Waals surface area contributed by atoms with Gasteiger partial charge in [0.15, 0.2) is 0 Å². The molecule has 2 bridgehead atoms. The zero-order valence-electron chi connectivity index (χ0n) is 9.70. The van der Waals surface area contributed by atoms with Crippen molar-refractivity contribution in [2.45, 2.75) is 64.5 Å². The van der Waals surface area contributed by atoms with Gasteiger partial charge in [0.05, 0.1) is 13.1 Å². The van der Waals surface area contributed by atoms with Gasteiger partial charge in [-0.2, -0.15) is 0 Å². The molecule has 2 heteroatoms. The fourth-order valence-corrected chi connectivity index (χ4v) is 2.35. The lowest BCUT2D eigenvalue weighted by Crippen LogP contribution is -2.30. The lowest BCUT2D eigenvalue weighted by Gasteiger charge is -2.00. The maximum absolute atomic E-state index is 2.33. The van der Waals surface area contributed by atoms with Gasteiger partial charge in [-0.25, -0.2) is 9.13 Å². The minimum Gasteiger partial charge on any atom is -0.237 e. The van der Waals surface area contributed by atoms with E-state index in [-0.39, 0.29) is 0 Å². The highest BCUT2D eigenvalue weighted by Crippen LogP contribution is 2.09. The average Bonchev–Trinajstić information content (AvgIpc) is 2.69. The minimum absolute atomic E-state index is 1.20. The van der Waals surface area contributed by atoms with Gasteiger partial charge in [-0.1, -0.05) is 25.7 Å². The highest BCUT2D eigenvalue weighted by molar-refractivity contribution is 4.66. The summed E-state index contributed by atoms with van der Waals surface area (Å²) in [5.41, 5.74) is 0. The van der Waals surface area contributed by atoms with Crippen LogP contribution in [0.1, 0.15) is 51.4 Å². The summed E-state index contributed by atoms with van der Waals surface area (Å²) in [7, 11) is 0. The molecule has 2 heterocycles. The van der Waals surface area contributed by atoms with Crippen molar-refractivity contribution in [3.8, 4) is 0 Å². The molecule has 1 aliphatic heterocycles. The Balaban J connectivity index is 1.88. The zero-order valence-corrected chi connectivity index (χ0v) is 9.70. The second kappa shape index (κ2) is 5.94. The van der Waals surface area contributed by atoms with Gasteiger partial charge in [-0.05, 0) is 25.7 Å². The number of aromatic nitrogens is 2. The van der Waals surface area contributed by atoms with E-state index in [0.717, 1.165) is 0 Å². The van der Waals surface area contributed by atoms with Crippen molar-refractivity contribution >= 4 is 0 Å². The summed E-state index contributed by atoms with van der Waals surface area (Å²) >= 11 is 0. The van der Waals surface area contributed by atoms with Gasteiger partial charge in [0.2, 0.25) is 6.33 Å². The maximum atomic E-state index is 2.33. The van der Waals surface area contributed by atoms with E-state index >= 15 is 0 Å². The molecule has 1 aliphatic rings. The fraction of sp³-hybridized carbons (Fsp3) is 0.769. The molecule has 2 nitrogen and oxygen atoms in total. The summed E-state index contributed by atoms with van der Waals surface area (Å²) in [6.07, 6.45) is 17.9. The Morgan fingerprint density at radius 2 is 1.47 bits per heavy atom. The van der Waals surface area contributed by atoms with Crippen molar-refractivity contribution in [1.29, 1.82) is 0 Å². The average molecular weight is 207 g/mol. The molecule has 0 radical (unpaired) electrons. The lowest BCUT2D eigenvalue weighted by atomic mass is 10.1. The molecule has 0 amide bonds. The van der Waals surface area contributed by atoms with E-state index in [1.807, 2.05) is 0 Å². The van der Waals surface area contributed by atoms with Crippen LogP contribution in [-0.4, -0.2) is 4.57 Å². The Morgan fingerprint density at radius 1 is 0.800 bits per heavy atom. The lowest BCUT2D eigenvalue weighted by molar-refractivity contribution is -0.696. The first-order valence-electron chi connectivity index (χ1n) is 6.50. The van der Waals surface area contributed by atoms with E-state index in [2.05, 4.69) is 27.9 Å². The second-order valence-corrected chi connectivity index (χ2v) is 4.72. The van der Waals surface area contributed by atoms with Crippen molar-refractivity contribution in [1.82, 2.24) is 4.57 Å². The summed E-state index contributed by atoms with van der Waals surface area (Å²) in [6, 6.07) is 0. The van der Waals surface area contributed by atoms with E-state index in [4.69, 9.17) is 0 Å². The van der Waals surface area contributed by atoms with Gasteiger partial charge in [0.1, 0.15) is 12.4 Å². The van der Waals surface area contributed by atoms with Gasteiger partial charge in [0.25, 0.3) is 0 Å². The first-order chi connectivity index (χ1) is 7.45. The smallest absolute Gasteiger partial charge is 0.237 e. The molecule has 15 heavy (non-hydrogen) atoms. The highest BCUT2D eigenvalue weighted by atomic mass is 15.1. The van der Waals surface area contributed by atoms with E-state index in [1.54, 1.807) is 0 Å². The Bertz CT molecular complexity index is 251. The number of hydrogen-bond acceptors (Lipinski definition) is 0. The number of imidazole rings is 1. The SMILES string of the molecule is c1c[n+]2cn1CCCCCCCCCC2. The van der Waals surface area contributed by atoms with Gasteiger partial charge < -0.3 is 0 Å². The molecule has 0 aromatic carbocycles. The molecule has 1 aromatic heterocycles. The van der Waals surface area contributed by atoms with Crippen molar-refractivity contribution in [3.05, 3.63) is 18.7 Å². The molecule has 0 spiro atoms. The third-order valence-corrected chi connectivity index (χ3v) is 3.33. The van der Waals surface area contributed by atoms with E-state index in [1.165, 1.54) is 64.5 Å². The van der Waals surface area contributed by atoms with Crippen LogP contribution in [0.4, 0.5) is 0 Å². The summed E-state index contributed by atoms with van der Waals surface area (Å²) in [6.45, 7) is 2.40. The molecule has 1 aromatic rings. The Hall–Kier alpha value is -0.790. The topological polar surface area (TPSA) is 8.81 Å². The first-order valence-corrected chi connectivity index (χ1v) is 6.50. The summed E-state index contributed by atoms with van der Waals surface area (Å²) in [5.74, 6) is 0. The third kappa shape index (κ3) is 3.69. The largest absolute Gasteiger partial charge is 0.243 e. The predicted molar refractivity (Wildman–Crippen MR) is 61.6 cm³/mol. The number of aryl methyl sites for hydroxylation is 2. The highest BCUT2D eigenvalue weighted by Gasteiger charge is 2.04. The standard InChI is InChI=1S/C13H23N2/c1-2-4-6-8-10-15-12-11-14(13-15)9-7-5-3-1/h11-13H,1-10H2/q+1. The van der Waals surface area contributed by atoms with E-state index < -0.39 is 0 Å². The van der Waals surface area contributed by atoms with Crippen LogP contribution < -0.4 is 4.57 Å². The van der Waals surface area contributed by atoms with Crippen LogP contribution in [0.5, 0.6) is 0 Å². The van der Waals surface area contributed by atoms with Crippen molar-refractivity contribution in [3.63, 3.8) is 0 Å². The first kappa shape index (κ1) is 10.7. The van der Waals surface area contributed by atoms with Crippen molar-refractivity contribution in [2.24, 2.45) is 0 Å². The monoisotopic (exact) mass is 207 g/mol. The second-order valence-electron chi connectivity index (χ2n) is 4.72. The molecule has 0 fully saturated rings. The van der Waals surface area contributed by atoms with Gasteiger partial charge in [0, 0.05) is 0 Å². The van der Waals surface area contributed by atoms with Gasteiger partial charge >= 0.3 is 0 Å². The predicted octanol–water partition coefficient (Wildman–Crippen LogP) is 2.91. The van der Waals surface area contributed by atoms with Crippen LogP contribution in [-0.2, 0) is 13.1 Å². The quantitative estimate of drug-likeness (QED) is 0.578. The van der Waals surface area contributed by atoms with Crippen LogP contribution in [0, 0.1) is 0 Å². The number of hydrogen-bond donors (Lipinski definition) is 0. The normalized spacial score (nSPS) is 20.0. The van der Waals surface area contributed by atoms with Crippen LogP contribution in [0.2, 0.25) is 0 Å². The molecule has 0 atom stereocenters. The Morgan fingerprint density at radius 3 is 2.27 bits per heavy atom. The molecule has 0 aliphatic carbocycles. The summed E-state index contributed by atoms with van der Waals surface area (Å²) in [5, 5.41) is 0. The number of nitrogens with zero attached hydrogens (tertiary/aromatic N) is 2. The van der Waals surface area contributed by atoms with E-state index in [0.29, 0.717) is 0 Å². The van der Waals surface area contributed by atoms with Crippen molar-refractivity contribution in [2.75, 3.05) is 0 Å². The molecule has 84 valence electrons. The molecule has 2 rings (SSSR count). The Labute approximate surface area is 92.9 Å². The summed E-state index contributed by atoms with van der Waals surface area (Å²) < 4.78 is 4.66. The van der Waals surface area contributed by atoms with Crippen LogP contribution in [0.15, 0.2) is 18.7 Å². The number of fused-ring (bicyclic) bond motifs is 2. The minimum atomic E-state index is 1.20. The number of rotatable bonds is 0. The fourth-order valence-electron chi connectivity index (χ4n) is 2.35. The van der Waals surface area contributed by atoms with Gasteiger partial charge in [-0.3, -0.25) is 0 Å². The Kier molecular flexibility index (Phi) is 4.24. The molecular formula is C13H23N2+. The molecular weight excluding hydrogens is 184 g/mol. The zero-order chi connectivity index (χ0) is 10.3. The van der Waals surface area contributed by atoms with Crippen LogP contribution >= 0.6 is 0 Å². The van der Waals surface area contributed by atoms with Crippen LogP contribution in [0.25, 0.3) is 0 Å². The molecule has 0 saturated carbocycles.